The zero-order valence-electron chi connectivity index (χ0n) is 40.3. The molecule has 0 rings (SSSR count). The molecule has 0 aliphatic rings. The van der Waals surface area contributed by atoms with Gasteiger partial charge in [-0.2, -0.15) is 0 Å². The number of unbranched alkanes of at least 4 members (excludes halogenated alkanes) is 12. The smallest absolute Gasteiger partial charge is 0.306 e. The van der Waals surface area contributed by atoms with Crippen LogP contribution in [0.25, 0.3) is 0 Å². The highest BCUT2D eigenvalue weighted by Crippen LogP contribution is 2.12. The first-order chi connectivity index (χ1) is 31.0. The normalized spacial score (nSPS) is 13.1. The highest BCUT2D eigenvalue weighted by Gasteiger charge is 2.19. The van der Waals surface area contributed by atoms with Gasteiger partial charge >= 0.3 is 17.9 Å². The van der Waals surface area contributed by atoms with E-state index in [1.54, 1.807) is 0 Å². The first kappa shape index (κ1) is 58.8. The van der Waals surface area contributed by atoms with Crippen LogP contribution < -0.4 is 0 Å². The van der Waals surface area contributed by atoms with Crippen molar-refractivity contribution in [1.29, 1.82) is 0 Å². The Kier molecular flexibility index (Phi) is 47.1. The number of carbonyl (C=O) groups excluding carboxylic acids is 3. The maximum atomic E-state index is 12.7. The molecule has 0 aromatic carbocycles. The SMILES string of the molecule is CC/C=C\C/C=C\C/C=C\C/C=C\C/C=C\C/C=C\CCC(=O)OCC(COC(=O)CCCCCCCCCCC)OC(=O)CCC/C=C\C/C=C\C/C=C\C/C=C\CCCCC. The summed E-state index contributed by atoms with van der Waals surface area (Å²) in [7, 11) is 0. The number of ether oxygens (including phenoxy) is 3. The molecule has 0 N–H and O–H groups in total. The fourth-order valence-corrected chi connectivity index (χ4v) is 6.22. The molecule has 0 fully saturated rings. The van der Waals surface area contributed by atoms with E-state index in [0.717, 1.165) is 83.5 Å². The van der Waals surface area contributed by atoms with Gasteiger partial charge in [0, 0.05) is 19.3 Å². The van der Waals surface area contributed by atoms with Crippen molar-refractivity contribution in [3.63, 3.8) is 0 Å². The Morgan fingerprint density at radius 2 is 0.667 bits per heavy atom. The molecule has 0 saturated heterocycles. The minimum atomic E-state index is -0.837. The van der Waals surface area contributed by atoms with Crippen LogP contribution in [-0.2, 0) is 28.6 Å². The molecular formula is C57H90O6. The van der Waals surface area contributed by atoms with Gasteiger partial charge in [-0.05, 0) is 96.3 Å². The molecule has 6 nitrogen and oxygen atoms in total. The van der Waals surface area contributed by atoms with Crippen molar-refractivity contribution in [2.24, 2.45) is 0 Å². The van der Waals surface area contributed by atoms with E-state index in [9.17, 15) is 14.4 Å². The summed E-state index contributed by atoms with van der Waals surface area (Å²) in [6, 6.07) is 0. The van der Waals surface area contributed by atoms with Crippen LogP contribution in [0, 0.1) is 0 Å². The van der Waals surface area contributed by atoms with Crippen molar-refractivity contribution in [2.45, 2.75) is 207 Å². The molecule has 354 valence electrons. The summed E-state index contributed by atoms with van der Waals surface area (Å²) in [6.45, 7) is 6.34. The van der Waals surface area contributed by atoms with E-state index < -0.39 is 6.10 Å². The van der Waals surface area contributed by atoms with Crippen LogP contribution in [0.3, 0.4) is 0 Å². The number of hydrogen-bond donors (Lipinski definition) is 0. The average Bonchev–Trinajstić information content (AvgIpc) is 3.28. The molecule has 0 aromatic rings. The van der Waals surface area contributed by atoms with Crippen molar-refractivity contribution in [3.8, 4) is 0 Å². The molecular weight excluding hydrogens is 781 g/mol. The summed E-state index contributed by atoms with van der Waals surface area (Å²) < 4.78 is 16.6. The average molecular weight is 871 g/mol. The van der Waals surface area contributed by atoms with Crippen LogP contribution >= 0.6 is 0 Å². The van der Waals surface area contributed by atoms with Crippen LogP contribution in [0.15, 0.2) is 122 Å². The second-order valence-electron chi connectivity index (χ2n) is 16.0. The number of allylic oxidation sites excluding steroid dienone is 20. The minimum absolute atomic E-state index is 0.125. The number of rotatable bonds is 43. The Hall–Kier alpha value is -4.19. The van der Waals surface area contributed by atoms with Crippen LogP contribution in [0.1, 0.15) is 201 Å². The molecule has 6 heteroatoms. The van der Waals surface area contributed by atoms with Gasteiger partial charge in [0.05, 0.1) is 0 Å². The molecule has 1 unspecified atom stereocenters. The van der Waals surface area contributed by atoms with Gasteiger partial charge in [0.2, 0.25) is 0 Å². The maximum absolute atomic E-state index is 12.7. The fourth-order valence-electron chi connectivity index (χ4n) is 6.22. The molecule has 0 saturated carbocycles. The van der Waals surface area contributed by atoms with Crippen molar-refractivity contribution in [2.75, 3.05) is 13.2 Å². The predicted octanol–water partition coefficient (Wildman–Crippen LogP) is 16.5. The molecule has 0 heterocycles. The number of esters is 3. The second kappa shape index (κ2) is 50.5. The molecule has 0 aliphatic carbocycles. The van der Waals surface area contributed by atoms with E-state index >= 15 is 0 Å². The third-order valence-electron chi connectivity index (χ3n) is 9.96. The Balaban J connectivity index is 4.57. The van der Waals surface area contributed by atoms with Crippen molar-refractivity contribution >= 4 is 17.9 Å². The van der Waals surface area contributed by atoms with Gasteiger partial charge < -0.3 is 14.2 Å². The van der Waals surface area contributed by atoms with E-state index in [1.165, 1.54) is 64.2 Å². The zero-order chi connectivity index (χ0) is 45.8. The van der Waals surface area contributed by atoms with Crippen LogP contribution in [0.4, 0.5) is 0 Å². The third kappa shape index (κ3) is 48.7. The molecule has 0 aliphatic heterocycles. The van der Waals surface area contributed by atoms with Gasteiger partial charge in [0.25, 0.3) is 0 Å². The van der Waals surface area contributed by atoms with Crippen molar-refractivity contribution in [3.05, 3.63) is 122 Å². The summed E-state index contributed by atoms with van der Waals surface area (Å²) in [5, 5.41) is 0. The molecule has 0 aromatic heterocycles. The maximum Gasteiger partial charge on any atom is 0.306 e. The first-order valence-corrected chi connectivity index (χ1v) is 25.0. The number of hydrogen-bond acceptors (Lipinski definition) is 6. The van der Waals surface area contributed by atoms with E-state index in [4.69, 9.17) is 14.2 Å². The standard InChI is InChI=1S/C57H90O6/c1-4-7-10-13-16-19-21-23-25-27-28-30-31-33-35-38-41-44-47-50-56(59)62-53-54(52-61-55(58)49-46-43-40-37-18-15-12-9-6-3)63-57(60)51-48-45-42-39-36-34-32-29-26-24-22-20-17-14-11-8-5-2/h7,10,16-17,19-20,23-26,28,30,32-35,39,41-42,44,54H,4-6,8-9,11-15,18,21-22,27,29,31,36-38,40,43,45-53H2,1-3H3/b10-7-,19-16-,20-17-,25-23-,26-24-,30-28-,34-32-,35-33-,42-39-,44-41-. The lowest BCUT2D eigenvalue weighted by Gasteiger charge is -2.18. The summed E-state index contributed by atoms with van der Waals surface area (Å²) in [4.78, 5) is 37.8. The Morgan fingerprint density at radius 1 is 0.333 bits per heavy atom. The summed E-state index contributed by atoms with van der Waals surface area (Å²) in [5.74, 6) is -1.08. The largest absolute Gasteiger partial charge is 0.462 e. The predicted molar refractivity (Wildman–Crippen MR) is 269 cm³/mol. The number of carbonyl (C=O) groups is 3. The van der Waals surface area contributed by atoms with Crippen LogP contribution in [-0.4, -0.2) is 37.2 Å². The Morgan fingerprint density at radius 3 is 1.11 bits per heavy atom. The van der Waals surface area contributed by atoms with Gasteiger partial charge in [0.15, 0.2) is 6.10 Å². The minimum Gasteiger partial charge on any atom is -0.462 e. The lowest BCUT2D eigenvalue weighted by molar-refractivity contribution is -0.166. The van der Waals surface area contributed by atoms with E-state index in [0.29, 0.717) is 19.3 Å². The van der Waals surface area contributed by atoms with Gasteiger partial charge in [-0.15, -0.1) is 0 Å². The van der Waals surface area contributed by atoms with E-state index in [1.807, 2.05) is 12.2 Å². The van der Waals surface area contributed by atoms with Crippen LogP contribution in [0.5, 0.6) is 0 Å². The fraction of sp³-hybridized carbons (Fsp3) is 0.596. The third-order valence-corrected chi connectivity index (χ3v) is 9.96. The van der Waals surface area contributed by atoms with Crippen LogP contribution in [0.2, 0.25) is 0 Å². The summed E-state index contributed by atoms with van der Waals surface area (Å²) >= 11 is 0. The van der Waals surface area contributed by atoms with Gasteiger partial charge in [-0.3, -0.25) is 14.4 Å². The van der Waals surface area contributed by atoms with Gasteiger partial charge in [-0.1, -0.05) is 206 Å². The molecule has 1 atom stereocenters. The second-order valence-corrected chi connectivity index (χ2v) is 16.0. The first-order valence-electron chi connectivity index (χ1n) is 25.0. The van der Waals surface area contributed by atoms with Gasteiger partial charge in [-0.25, -0.2) is 0 Å². The zero-order valence-corrected chi connectivity index (χ0v) is 40.3. The van der Waals surface area contributed by atoms with E-state index in [2.05, 4.69) is 130 Å². The van der Waals surface area contributed by atoms with Crippen molar-refractivity contribution in [1.82, 2.24) is 0 Å². The quantitative estimate of drug-likeness (QED) is 0.0263. The molecule has 63 heavy (non-hydrogen) atoms. The van der Waals surface area contributed by atoms with Crippen molar-refractivity contribution < 1.29 is 28.6 Å². The molecule has 0 bridgehead atoms. The monoisotopic (exact) mass is 871 g/mol. The highest BCUT2D eigenvalue weighted by atomic mass is 16.6. The molecule has 0 amide bonds. The summed E-state index contributed by atoms with van der Waals surface area (Å²) in [5.41, 5.74) is 0. The Labute approximate surface area is 386 Å². The highest BCUT2D eigenvalue weighted by molar-refractivity contribution is 5.71. The topological polar surface area (TPSA) is 78.9 Å². The lowest BCUT2D eigenvalue weighted by atomic mass is 10.1. The van der Waals surface area contributed by atoms with Gasteiger partial charge in [0.1, 0.15) is 13.2 Å². The molecule has 0 spiro atoms. The molecule has 0 radical (unpaired) electrons. The Bertz CT molecular complexity index is 1370. The van der Waals surface area contributed by atoms with E-state index in [-0.39, 0.29) is 44.0 Å². The summed E-state index contributed by atoms with van der Waals surface area (Å²) in [6.07, 6.45) is 69.2. The lowest BCUT2D eigenvalue weighted by Crippen LogP contribution is -2.30.